The molecule has 0 aliphatic carbocycles. The van der Waals surface area contributed by atoms with E-state index in [1.165, 1.54) is 6.07 Å². The number of hydrogen-bond donors (Lipinski definition) is 0. The quantitative estimate of drug-likeness (QED) is 0.615. The summed E-state index contributed by atoms with van der Waals surface area (Å²) in [6.45, 7) is 5.86. The van der Waals surface area contributed by atoms with Crippen molar-refractivity contribution in [1.29, 1.82) is 0 Å². The topological polar surface area (TPSA) is 59.3 Å². The number of rotatable bonds is 2. The zero-order valence-electron chi connectivity index (χ0n) is 10.2. The van der Waals surface area contributed by atoms with Crippen LogP contribution in [0, 0.1) is 10.1 Å². The number of hydrogen-bond acceptors (Lipinski definition) is 5. The van der Waals surface area contributed by atoms with Crippen molar-refractivity contribution in [3.05, 3.63) is 26.9 Å². The first kappa shape index (κ1) is 13.6. The third-order valence-electron chi connectivity index (χ3n) is 2.74. The SMILES string of the molecule is CC1(C)CN(c2ncc(Br)cc2[N+](=O)[O-])CCS1. The van der Waals surface area contributed by atoms with Gasteiger partial charge in [0.1, 0.15) is 0 Å². The third-order valence-corrected chi connectivity index (χ3v) is 4.47. The molecule has 0 aromatic carbocycles. The molecule has 1 aliphatic rings. The minimum Gasteiger partial charge on any atom is -0.349 e. The van der Waals surface area contributed by atoms with Crippen molar-refractivity contribution < 1.29 is 4.92 Å². The molecule has 0 atom stereocenters. The van der Waals surface area contributed by atoms with E-state index in [4.69, 9.17) is 0 Å². The van der Waals surface area contributed by atoms with Crippen LogP contribution in [0.3, 0.4) is 0 Å². The molecule has 98 valence electrons. The van der Waals surface area contributed by atoms with Crippen LogP contribution in [0.2, 0.25) is 0 Å². The zero-order valence-corrected chi connectivity index (χ0v) is 12.6. The molecule has 0 saturated carbocycles. The Bertz CT molecular complexity index is 481. The van der Waals surface area contributed by atoms with Crippen molar-refractivity contribution in [2.45, 2.75) is 18.6 Å². The molecule has 0 unspecified atom stereocenters. The predicted molar refractivity (Wildman–Crippen MR) is 77.3 cm³/mol. The van der Waals surface area contributed by atoms with E-state index in [1.54, 1.807) is 6.20 Å². The molecule has 0 amide bonds. The summed E-state index contributed by atoms with van der Waals surface area (Å²) in [7, 11) is 0. The second-order valence-electron chi connectivity index (χ2n) is 4.78. The molecule has 1 aromatic rings. The van der Waals surface area contributed by atoms with Crippen LogP contribution in [-0.4, -0.2) is 33.5 Å². The summed E-state index contributed by atoms with van der Waals surface area (Å²) in [5, 5.41) is 11.1. The van der Waals surface area contributed by atoms with Crippen LogP contribution in [0.15, 0.2) is 16.7 Å². The van der Waals surface area contributed by atoms with Gasteiger partial charge in [-0.3, -0.25) is 10.1 Å². The molecule has 18 heavy (non-hydrogen) atoms. The molecule has 0 bridgehead atoms. The van der Waals surface area contributed by atoms with Crippen molar-refractivity contribution in [2.24, 2.45) is 0 Å². The average Bonchev–Trinajstić information content (AvgIpc) is 2.27. The van der Waals surface area contributed by atoms with Crippen molar-refractivity contribution in [3.8, 4) is 0 Å². The molecule has 1 aliphatic heterocycles. The second kappa shape index (κ2) is 5.05. The van der Waals surface area contributed by atoms with Crippen molar-refractivity contribution in [3.63, 3.8) is 0 Å². The molecule has 0 spiro atoms. The summed E-state index contributed by atoms with van der Waals surface area (Å²) < 4.78 is 0.726. The lowest BCUT2D eigenvalue weighted by Crippen LogP contribution is -2.43. The molecule has 1 saturated heterocycles. The summed E-state index contributed by atoms with van der Waals surface area (Å²) in [5.74, 6) is 1.43. The zero-order chi connectivity index (χ0) is 13.3. The van der Waals surface area contributed by atoms with Crippen LogP contribution in [0.1, 0.15) is 13.8 Å². The molecule has 1 fully saturated rings. The molecule has 0 N–H and O–H groups in total. The third kappa shape index (κ3) is 2.95. The Morgan fingerprint density at radius 2 is 2.33 bits per heavy atom. The summed E-state index contributed by atoms with van der Waals surface area (Å²) in [4.78, 5) is 16.9. The van der Waals surface area contributed by atoms with Gasteiger partial charge >= 0.3 is 5.69 Å². The van der Waals surface area contributed by atoms with Gasteiger partial charge in [-0.25, -0.2) is 4.98 Å². The van der Waals surface area contributed by atoms with Crippen LogP contribution < -0.4 is 4.90 Å². The van der Waals surface area contributed by atoms with Gasteiger partial charge in [0.25, 0.3) is 0 Å². The van der Waals surface area contributed by atoms with Crippen LogP contribution >= 0.6 is 27.7 Å². The Morgan fingerprint density at radius 1 is 1.61 bits per heavy atom. The monoisotopic (exact) mass is 331 g/mol. The molecular formula is C11H14BrN3O2S. The van der Waals surface area contributed by atoms with Crippen molar-refractivity contribution in [1.82, 2.24) is 4.98 Å². The standard InChI is InChI=1S/C11H14BrN3O2S/c1-11(2)7-14(3-4-18-11)10-9(15(16)17)5-8(12)6-13-10/h5-6H,3-4,7H2,1-2H3. The van der Waals surface area contributed by atoms with Gasteiger partial charge in [0.05, 0.1) is 4.92 Å². The number of halogens is 1. The van der Waals surface area contributed by atoms with Gasteiger partial charge in [0.2, 0.25) is 5.82 Å². The fourth-order valence-electron chi connectivity index (χ4n) is 2.00. The van der Waals surface area contributed by atoms with Crippen LogP contribution in [0.4, 0.5) is 11.5 Å². The van der Waals surface area contributed by atoms with E-state index in [0.717, 1.165) is 18.8 Å². The molecule has 2 rings (SSSR count). The van der Waals surface area contributed by atoms with Gasteiger partial charge in [-0.2, -0.15) is 11.8 Å². The number of nitro groups is 1. The summed E-state index contributed by atoms with van der Waals surface area (Å²) in [5.41, 5.74) is 0.0621. The molecule has 1 aromatic heterocycles. The number of pyridine rings is 1. The first-order valence-electron chi connectivity index (χ1n) is 5.58. The first-order chi connectivity index (χ1) is 8.39. The predicted octanol–water partition coefficient (Wildman–Crippen LogP) is 3.08. The fourth-order valence-corrected chi connectivity index (χ4v) is 3.43. The number of thioether (sulfide) groups is 1. The smallest absolute Gasteiger partial charge is 0.312 e. The Balaban J connectivity index is 2.35. The van der Waals surface area contributed by atoms with E-state index >= 15 is 0 Å². The van der Waals surface area contributed by atoms with Gasteiger partial charge in [-0.1, -0.05) is 0 Å². The fraction of sp³-hybridized carbons (Fsp3) is 0.545. The second-order valence-corrected chi connectivity index (χ2v) is 7.50. The number of anilines is 1. The normalized spacial score (nSPS) is 18.7. The van der Waals surface area contributed by atoms with Gasteiger partial charge in [0.15, 0.2) is 0 Å². The number of aromatic nitrogens is 1. The highest BCUT2D eigenvalue weighted by atomic mass is 79.9. The maximum atomic E-state index is 11.1. The Labute approximate surface area is 118 Å². The van der Waals surface area contributed by atoms with E-state index in [0.29, 0.717) is 10.3 Å². The minimum atomic E-state index is -0.373. The van der Waals surface area contributed by atoms with E-state index in [-0.39, 0.29) is 15.4 Å². The summed E-state index contributed by atoms with van der Waals surface area (Å²) in [6.07, 6.45) is 1.61. The molecule has 5 nitrogen and oxygen atoms in total. The van der Waals surface area contributed by atoms with Crippen molar-refractivity contribution >= 4 is 39.2 Å². The van der Waals surface area contributed by atoms with E-state index in [2.05, 4.69) is 34.8 Å². The highest BCUT2D eigenvalue weighted by Crippen LogP contribution is 2.35. The maximum Gasteiger partial charge on any atom is 0.312 e. The Morgan fingerprint density at radius 3 is 2.94 bits per heavy atom. The van der Waals surface area contributed by atoms with E-state index < -0.39 is 0 Å². The van der Waals surface area contributed by atoms with Gasteiger partial charge in [-0.05, 0) is 29.8 Å². The van der Waals surface area contributed by atoms with E-state index in [1.807, 2.05) is 16.7 Å². The lowest BCUT2D eigenvalue weighted by Gasteiger charge is -2.37. The van der Waals surface area contributed by atoms with Gasteiger partial charge < -0.3 is 4.90 Å². The molecular weight excluding hydrogens is 318 g/mol. The Hall–Kier alpha value is -0.820. The minimum absolute atomic E-state index is 0.0621. The maximum absolute atomic E-state index is 11.1. The highest BCUT2D eigenvalue weighted by molar-refractivity contribution is 9.10. The van der Waals surface area contributed by atoms with Crippen LogP contribution in [0.5, 0.6) is 0 Å². The van der Waals surface area contributed by atoms with Crippen molar-refractivity contribution in [2.75, 3.05) is 23.7 Å². The van der Waals surface area contributed by atoms with E-state index in [9.17, 15) is 10.1 Å². The summed E-state index contributed by atoms with van der Waals surface area (Å²) >= 11 is 5.11. The van der Waals surface area contributed by atoms with Gasteiger partial charge in [0, 0.05) is 40.3 Å². The Kier molecular flexibility index (Phi) is 3.82. The largest absolute Gasteiger partial charge is 0.349 e. The van der Waals surface area contributed by atoms with Gasteiger partial charge in [-0.15, -0.1) is 0 Å². The van der Waals surface area contributed by atoms with Crippen LogP contribution in [0.25, 0.3) is 0 Å². The molecule has 2 heterocycles. The summed E-state index contributed by atoms with van der Waals surface area (Å²) in [6, 6.07) is 1.51. The van der Waals surface area contributed by atoms with Crippen LogP contribution in [-0.2, 0) is 0 Å². The number of nitrogens with zero attached hydrogens (tertiary/aromatic N) is 3. The first-order valence-corrected chi connectivity index (χ1v) is 7.36. The highest BCUT2D eigenvalue weighted by Gasteiger charge is 2.31. The average molecular weight is 332 g/mol. The lowest BCUT2D eigenvalue weighted by molar-refractivity contribution is -0.384. The molecule has 7 heteroatoms. The molecule has 0 radical (unpaired) electrons. The lowest BCUT2D eigenvalue weighted by atomic mass is 10.2.